The van der Waals surface area contributed by atoms with Crippen molar-refractivity contribution < 1.29 is 18.3 Å². The Morgan fingerprint density at radius 1 is 1.33 bits per heavy atom. The quantitative estimate of drug-likeness (QED) is 0.813. The number of methoxy groups -OCH3 is 1. The number of aliphatic hydroxyl groups excluding tert-OH is 1. The van der Waals surface area contributed by atoms with Gasteiger partial charge in [-0.25, -0.2) is 13.1 Å². The maximum atomic E-state index is 12.1. The van der Waals surface area contributed by atoms with Crippen LogP contribution in [0.5, 0.6) is 5.75 Å². The molecule has 1 heterocycles. The number of hydrogen-bond acceptors (Lipinski definition) is 5. The predicted octanol–water partition coefficient (Wildman–Crippen LogP) is 1.77. The Kier molecular flexibility index (Phi) is 5.35. The van der Waals surface area contributed by atoms with Crippen molar-refractivity contribution >= 4 is 21.4 Å². The maximum Gasteiger partial charge on any atom is 0.241 e. The molecule has 1 aromatic carbocycles. The number of rotatable bonds is 7. The number of nitrogens with one attached hydrogen (secondary N) is 1. The van der Waals surface area contributed by atoms with Crippen LogP contribution in [-0.2, 0) is 23.1 Å². The summed E-state index contributed by atoms with van der Waals surface area (Å²) in [6, 6.07) is 8.99. The molecule has 2 N–H and O–H groups in total. The molecule has 0 saturated carbocycles. The average molecular weight is 327 g/mol. The van der Waals surface area contributed by atoms with Gasteiger partial charge in [0.1, 0.15) is 5.75 Å². The first-order chi connectivity index (χ1) is 10.1. The normalized spacial score (nSPS) is 11.5. The van der Waals surface area contributed by atoms with E-state index in [-0.39, 0.29) is 18.0 Å². The van der Waals surface area contributed by atoms with Crippen LogP contribution in [0.1, 0.15) is 10.4 Å². The molecule has 2 aromatic rings. The Morgan fingerprint density at radius 3 is 2.76 bits per heavy atom. The van der Waals surface area contributed by atoms with E-state index in [1.165, 1.54) is 22.8 Å². The second-order valence-corrected chi connectivity index (χ2v) is 7.13. The highest BCUT2D eigenvalue weighted by Gasteiger charge is 2.15. The molecule has 0 spiro atoms. The third-order valence-electron chi connectivity index (χ3n) is 2.97. The van der Waals surface area contributed by atoms with Crippen LogP contribution in [0, 0.1) is 0 Å². The first-order valence-corrected chi connectivity index (χ1v) is 8.73. The zero-order chi connectivity index (χ0) is 15.3. The standard InChI is InChI=1S/C14H17NO4S2/c1-19-14-5-3-2-4-11(14)6-7-15-21(17,18)13-8-12(9-16)20-10-13/h2-5,8,10,15-16H,6-7,9H2,1H3. The summed E-state index contributed by atoms with van der Waals surface area (Å²) in [5.74, 6) is 0.745. The molecule has 0 atom stereocenters. The summed E-state index contributed by atoms with van der Waals surface area (Å²) in [5, 5.41) is 10.5. The van der Waals surface area contributed by atoms with Crippen molar-refractivity contribution in [3.05, 3.63) is 46.2 Å². The molecule has 0 radical (unpaired) electrons. The molecule has 5 nitrogen and oxygen atoms in total. The van der Waals surface area contributed by atoms with Gasteiger partial charge in [-0.1, -0.05) is 18.2 Å². The largest absolute Gasteiger partial charge is 0.496 e. The first-order valence-electron chi connectivity index (χ1n) is 6.36. The van der Waals surface area contributed by atoms with E-state index in [9.17, 15) is 8.42 Å². The summed E-state index contributed by atoms with van der Waals surface area (Å²) in [6.45, 7) is 0.133. The molecular formula is C14H17NO4S2. The molecule has 0 saturated heterocycles. The van der Waals surface area contributed by atoms with Crippen LogP contribution >= 0.6 is 11.3 Å². The Bertz CT molecular complexity index is 695. The molecule has 1 aromatic heterocycles. The van der Waals surface area contributed by atoms with Gasteiger partial charge in [0.2, 0.25) is 10.0 Å². The van der Waals surface area contributed by atoms with E-state index in [0.29, 0.717) is 11.3 Å². The van der Waals surface area contributed by atoms with Gasteiger partial charge in [0, 0.05) is 16.8 Å². The van der Waals surface area contributed by atoms with Gasteiger partial charge in [0.25, 0.3) is 0 Å². The Morgan fingerprint density at radius 2 is 2.10 bits per heavy atom. The van der Waals surface area contributed by atoms with E-state index in [1.807, 2.05) is 24.3 Å². The van der Waals surface area contributed by atoms with E-state index in [1.54, 1.807) is 7.11 Å². The zero-order valence-corrected chi connectivity index (χ0v) is 13.2. The van der Waals surface area contributed by atoms with Gasteiger partial charge in [-0.15, -0.1) is 11.3 Å². The second kappa shape index (κ2) is 7.04. The highest BCUT2D eigenvalue weighted by atomic mass is 32.2. The lowest BCUT2D eigenvalue weighted by atomic mass is 10.1. The van der Waals surface area contributed by atoms with E-state index >= 15 is 0 Å². The monoisotopic (exact) mass is 327 g/mol. The summed E-state index contributed by atoms with van der Waals surface area (Å²) in [7, 11) is -1.94. The molecule has 0 aliphatic rings. The number of benzene rings is 1. The summed E-state index contributed by atoms with van der Waals surface area (Å²) in [4.78, 5) is 0.816. The van der Waals surface area contributed by atoms with Crippen LogP contribution in [0.25, 0.3) is 0 Å². The van der Waals surface area contributed by atoms with Gasteiger partial charge in [0.15, 0.2) is 0 Å². The summed E-state index contributed by atoms with van der Waals surface area (Å²) >= 11 is 1.22. The minimum Gasteiger partial charge on any atom is -0.496 e. The highest BCUT2D eigenvalue weighted by molar-refractivity contribution is 7.89. The van der Waals surface area contributed by atoms with Crippen LogP contribution in [-0.4, -0.2) is 27.2 Å². The van der Waals surface area contributed by atoms with Crippen LogP contribution in [0.2, 0.25) is 0 Å². The molecule has 2 rings (SSSR count). The second-order valence-electron chi connectivity index (χ2n) is 4.37. The van der Waals surface area contributed by atoms with Gasteiger partial charge < -0.3 is 9.84 Å². The van der Waals surface area contributed by atoms with Crippen molar-refractivity contribution in [3.8, 4) is 5.75 Å². The molecular weight excluding hydrogens is 310 g/mol. The van der Waals surface area contributed by atoms with Crippen molar-refractivity contribution in [1.29, 1.82) is 0 Å². The SMILES string of the molecule is COc1ccccc1CCNS(=O)(=O)c1csc(CO)c1. The lowest BCUT2D eigenvalue weighted by Crippen LogP contribution is -2.25. The molecule has 0 amide bonds. The van der Waals surface area contributed by atoms with Crippen LogP contribution in [0.4, 0.5) is 0 Å². The predicted molar refractivity (Wildman–Crippen MR) is 82.1 cm³/mol. The van der Waals surface area contributed by atoms with Gasteiger partial charge in [-0.05, 0) is 24.1 Å². The number of sulfonamides is 1. The van der Waals surface area contributed by atoms with Crippen molar-refractivity contribution in [3.63, 3.8) is 0 Å². The molecule has 21 heavy (non-hydrogen) atoms. The molecule has 0 aliphatic carbocycles. The van der Waals surface area contributed by atoms with Crippen LogP contribution < -0.4 is 9.46 Å². The molecule has 114 valence electrons. The maximum absolute atomic E-state index is 12.1. The fraction of sp³-hybridized carbons (Fsp3) is 0.286. The average Bonchev–Trinajstić information content (AvgIpc) is 2.97. The number of para-hydroxylation sites is 1. The number of hydrogen-bond donors (Lipinski definition) is 2. The van der Waals surface area contributed by atoms with E-state index < -0.39 is 10.0 Å². The molecule has 0 aliphatic heterocycles. The van der Waals surface area contributed by atoms with Crippen LogP contribution in [0.3, 0.4) is 0 Å². The van der Waals surface area contributed by atoms with Gasteiger partial charge in [0.05, 0.1) is 18.6 Å². The van der Waals surface area contributed by atoms with Gasteiger partial charge in [-0.3, -0.25) is 0 Å². The minimum atomic E-state index is -3.53. The summed E-state index contributed by atoms with van der Waals surface area (Å²) in [5.41, 5.74) is 0.948. The molecule has 0 fully saturated rings. The lowest BCUT2D eigenvalue weighted by Gasteiger charge is -2.09. The Labute approximate surface area is 128 Å². The lowest BCUT2D eigenvalue weighted by molar-refractivity contribution is 0.285. The summed E-state index contributed by atoms with van der Waals surface area (Å²) in [6.07, 6.45) is 0.542. The number of aliphatic hydroxyl groups is 1. The Hall–Kier alpha value is -1.41. The zero-order valence-electron chi connectivity index (χ0n) is 11.6. The highest BCUT2D eigenvalue weighted by Crippen LogP contribution is 2.20. The third-order valence-corrected chi connectivity index (χ3v) is 5.49. The van der Waals surface area contributed by atoms with Crippen LogP contribution in [0.15, 0.2) is 40.6 Å². The molecule has 0 unspecified atom stereocenters. The molecule has 0 bridgehead atoms. The third kappa shape index (κ3) is 4.04. The van der Waals surface area contributed by atoms with Crippen molar-refractivity contribution in [2.24, 2.45) is 0 Å². The first kappa shape index (κ1) is 16.0. The van der Waals surface area contributed by atoms with Gasteiger partial charge >= 0.3 is 0 Å². The topological polar surface area (TPSA) is 75.6 Å². The van der Waals surface area contributed by atoms with Crippen molar-refractivity contribution in [1.82, 2.24) is 4.72 Å². The van der Waals surface area contributed by atoms with E-state index in [4.69, 9.17) is 9.84 Å². The summed E-state index contributed by atoms with van der Waals surface area (Å²) < 4.78 is 32.0. The minimum absolute atomic E-state index is 0.151. The van der Waals surface area contributed by atoms with Crippen molar-refractivity contribution in [2.45, 2.75) is 17.9 Å². The van der Waals surface area contributed by atoms with Gasteiger partial charge in [-0.2, -0.15) is 0 Å². The van der Waals surface area contributed by atoms with Crippen molar-refractivity contribution in [2.75, 3.05) is 13.7 Å². The smallest absolute Gasteiger partial charge is 0.241 e. The van der Waals surface area contributed by atoms with E-state index in [0.717, 1.165) is 11.3 Å². The number of thiophene rings is 1. The fourth-order valence-electron chi connectivity index (χ4n) is 1.90. The Balaban J connectivity index is 1.99. The fourth-order valence-corrected chi connectivity index (χ4v) is 4.06. The van der Waals surface area contributed by atoms with E-state index in [2.05, 4.69) is 4.72 Å². The number of ether oxygens (including phenoxy) is 1. The molecule has 7 heteroatoms.